The average Bonchev–Trinajstić information content (AvgIpc) is 3.22. The maximum absolute atomic E-state index is 12.5. The van der Waals surface area contributed by atoms with E-state index in [9.17, 15) is 9.59 Å². The van der Waals surface area contributed by atoms with Crippen molar-refractivity contribution in [1.29, 1.82) is 0 Å². The van der Waals surface area contributed by atoms with Gasteiger partial charge >= 0.3 is 5.97 Å². The topological polar surface area (TPSA) is 77.5 Å². The van der Waals surface area contributed by atoms with Crippen molar-refractivity contribution in [2.24, 2.45) is 11.8 Å². The number of hydrogen-bond acceptors (Lipinski definition) is 6. The Kier molecular flexibility index (Phi) is 6.90. The zero-order valence-electron chi connectivity index (χ0n) is 17.3. The van der Waals surface area contributed by atoms with Crippen LogP contribution >= 0.6 is 11.3 Å². The minimum Gasteiger partial charge on any atom is -0.497 e. The number of amides is 1. The molecule has 1 fully saturated rings. The zero-order chi connectivity index (χ0) is 21.0. The molecule has 1 aromatic heterocycles. The molecule has 1 aliphatic carbocycles. The first-order valence-electron chi connectivity index (χ1n) is 10.0. The van der Waals surface area contributed by atoms with Gasteiger partial charge in [-0.2, -0.15) is 0 Å². The van der Waals surface area contributed by atoms with Crippen LogP contribution in [-0.4, -0.2) is 36.1 Å². The van der Waals surface area contributed by atoms with E-state index in [1.54, 1.807) is 19.4 Å². The summed E-state index contributed by atoms with van der Waals surface area (Å²) in [6, 6.07) is 7.58. The van der Waals surface area contributed by atoms with Gasteiger partial charge in [0.15, 0.2) is 11.8 Å². The van der Waals surface area contributed by atoms with Crippen LogP contribution in [-0.2, 0) is 9.53 Å². The largest absolute Gasteiger partial charge is 0.497 e. The summed E-state index contributed by atoms with van der Waals surface area (Å²) in [6.45, 7) is 5.98. The van der Waals surface area contributed by atoms with Crippen molar-refractivity contribution in [3.63, 3.8) is 0 Å². The van der Waals surface area contributed by atoms with E-state index in [0.717, 1.165) is 24.2 Å². The molecule has 1 aromatic carbocycles. The number of carbonyl (C=O) groups is 2. The van der Waals surface area contributed by atoms with E-state index >= 15 is 0 Å². The third-order valence-electron chi connectivity index (χ3n) is 5.74. The number of carbonyl (C=O) groups excluding carboxylic acids is 2. The maximum Gasteiger partial charge on any atom is 0.358 e. The van der Waals surface area contributed by atoms with Gasteiger partial charge in [-0.15, -0.1) is 11.3 Å². The summed E-state index contributed by atoms with van der Waals surface area (Å²) in [5, 5.41) is 5.41. The summed E-state index contributed by atoms with van der Waals surface area (Å²) in [7, 11) is 1.61. The van der Waals surface area contributed by atoms with Crippen molar-refractivity contribution in [3.05, 3.63) is 35.3 Å². The molecule has 0 unspecified atom stereocenters. The molecule has 2 aromatic rings. The van der Waals surface area contributed by atoms with Crippen LogP contribution in [0, 0.1) is 11.8 Å². The van der Waals surface area contributed by atoms with Crippen molar-refractivity contribution in [2.45, 2.75) is 52.2 Å². The van der Waals surface area contributed by atoms with Crippen LogP contribution < -0.4 is 10.1 Å². The minimum atomic E-state index is -0.863. The molecule has 156 valence electrons. The Morgan fingerprint density at radius 3 is 2.62 bits per heavy atom. The van der Waals surface area contributed by atoms with Gasteiger partial charge in [-0.3, -0.25) is 4.79 Å². The summed E-state index contributed by atoms with van der Waals surface area (Å²) < 4.78 is 10.5. The number of aromatic nitrogens is 1. The van der Waals surface area contributed by atoms with E-state index in [-0.39, 0.29) is 17.6 Å². The van der Waals surface area contributed by atoms with Crippen molar-refractivity contribution < 1.29 is 19.1 Å². The molecule has 1 aliphatic rings. The minimum absolute atomic E-state index is 0.133. The Morgan fingerprint density at radius 1 is 1.21 bits per heavy atom. The molecule has 1 N–H and O–H groups in total. The molecule has 6 nitrogen and oxygen atoms in total. The van der Waals surface area contributed by atoms with E-state index in [4.69, 9.17) is 9.47 Å². The molecule has 29 heavy (non-hydrogen) atoms. The Hall–Kier alpha value is -2.41. The Morgan fingerprint density at radius 2 is 1.93 bits per heavy atom. The number of nitrogens with one attached hydrogen (secondary N) is 1. The highest BCUT2D eigenvalue weighted by molar-refractivity contribution is 7.13. The highest BCUT2D eigenvalue weighted by Crippen LogP contribution is 2.30. The van der Waals surface area contributed by atoms with Crippen LogP contribution in [0.4, 0.5) is 0 Å². The second-order valence-corrected chi connectivity index (χ2v) is 8.55. The first-order chi connectivity index (χ1) is 13.9. The van der Waals surface area contributed by atoms with Gasteiger partial charge in [-0.05, 0) is 49.4 Å². The molecule has 1 amide bonds. The van der Waals surface area contributed by atoms with Crippen LogP contribution in [0.15, 0.2) is 29.6 Å². The van der Waals surface area contributed by atoms with E-state index in [0.29, 0.717) is 16.8 Å². The van der Waals surface area contributed by atoms with Crippen molar-refractivity contribution in [3.8, 4) is 16.3 Å². The number of hydrogen-bond donors (Lipinski definition) is 1. The first-order valence-corrected chi connectivity index (χ1v) is 10.9. The van der Waals surface area contributed by atoms with E-state index in [2.05, 4.69) is 24.1 Å². The summed E-state index contributed by atoms with van der Waals surface area (Å²) >= 11 is 1.36. The fourth-order valence-corrected chi connectivity index (χ4v) is 4.39. The second kappa shape index (κ2) is 9.39. The van der Waals surface area contributed by atoms with Gasteiger partial charge in [0.05, 0.1) is 7.11 Å². The Balaban J connectivity index is 1.58. The smallest absolute Gasteiger partial charge is 0.358 e. The van der Waals surface area contributed by atoms with Gasteiger partial charge < -0.3 is 14.8 Å². The SMILES string of the molecule is COc1ccc(-c2nc(C(=O)O[C@H](C)C(=O)N[C@@H]3CCC[C@H](C)[C@H]3C)cs2)cc1. The van der Waals surface area contributed by atoms with E-state index in [1.165, 1.54) is 17.8 Å². The van der Waals surface area contributed by atoms with Crippen molar-refractivity contribution >= 4 is 23.2 Å². The predicted octanol–water partition coefficient (Wildman–Crippen LogP) is 4.30. The summed E-state index contributed by atoms with van der Waals surface area (Å²) in [4.78, 5) is 29.3. The van der Waals surface area contributed by atoms with Crippen LogP contribution in [0.5, 0.6) is 5.75 Å². The number of benzene rings is 1. The van der Waals surface area contributed by atoms with Crippen molar-refractivity contribution in [1.82, 2.24) is 10.3 Å². The third kappa shape index (κ3) is 5.15. The molecular formula is C22H28N2O4S. The molecule has 0 saturated heterocycles. The predicted molar refractivity (Wildman–Crippen MR) is 113 cm³/mol. The Labute approximate surface area is 175 Å². The lowest BCUT2D eigenvalue weighted by atomic mass is 9.78. The van der Waals surface area contributed by atoms with Crippen LogP contribution in [0.1, 0.15) is 50.5 Å². The van der Waals surface area contributed by atoms with Gasteiger partial charge in [0.1, 0.15) is 10.8 Å². The summed E-state index contributed by atoms with van der Waals surface area (Å²) in [6.07, 6.45) is 2.41. The van der Waals surface area contributed by atoms with E-state index in [1.807, 2.05) is 24.3 Å². The number of ether oxygens (including phenoxy) is 2. The monoisotopic (exact) mass is 416 g/mol. The van der Waals surface area contributed by atoms with Gasteiger partial charge in [-0.1, -0.05) is 26.7 Å². The number of thiazole rings is 1. The molecular weight excluding hydrogens is 388 g/mol. The maximum atomic E-state index is 12.5. The van der Waals surface area contributed by atoms with Crippen LogP contribution in [0.25, 0.3) is 10.6 Å². The standard InChI is InChI=1S/C22H28N2O4S/c1-13-6-5-7-18(14(13)2)23-20(25)15(3)28-22(26)19-12-29-21(24-19)16-8-10-17(27-4)11-9-16/h8-15,18H,5-7H2,1-4H3,(H,23,25)/t13-,14+,15+,18+/m0/s1. The van der Waals surface area contributed by atoms with Crippen LogP contribution in [0.2, 0.25) is 0 Å². The summed E-state index contributed by atoms with van der Waals surface area (Å²) in [5.74, 6) is 0.912. The molecule has 0 bridgehead atoms. The molecule has 1 heterocycles. The van der Waals surface area contributed by atoms with Gasteiger partial charge in [-0.25, -0.2) is 9.78 Å². The first kappa shape index (κ1) is 21.3. The normalized spacial score (nSPS) is 22.6. The fraction of sp³-hybridized carbons (Fsp3) is 0.500. The van der Waals surface area contributed by atoms with Crippen LogP contribution in [0.3, 0.4) is 0 Å². The summed E-state index contributed by atoms with van der Waals surface area (Å²) in [5.41, 5.74) is 1.10. The van der Waals surface area contributed by atoms with Crippen molar-refractivity contribution in [2.75, 3.05) is 7.11 Å². The molecule has 0 radical (unpaired) electrons. The molecule has 4 atom stereocenters. The highest BCUT2D eigenvalue weighted by atomic mass is 32.1. The quantitative estimate of drug-likeness (QED) is 0.710. The second-order valence-electron chi connectivity index (χ2n) is 7.70. The lowest BCUT2D eigenvalue weighted by Gasteiger charge is -2.35. The molecule has 1 saturated carbocycles. The highest BCUT2D eigenvalue weighted by Gasteiger charge is 2.30. The molecule has 0 aliphatic heterocycles. The van der Waals surface area contributed by atoms with Gasteiger partial charge in [0.25, 0.3) is 5.91 Å². The fourth-order valence-electron chi connectivity index (χ4n) is 3.59. The molecule has 0 spiro atoms. The third-order valence-corrected chi connectivity index (χ3v) is 6.63. The molecule has 7 heteroatoms. The molecule has 3 rings (SSSR count). The number of esters is 1. The van der Waals surface area contributed by atoms with Gasteiger partial charge in [0.2, 0.25) is 0 Å². The van der Waals surface area contributed by atoms with Gasteiger partial charge in [0, 0.05) is 17.0 Å². The zero-order valence-corrected chi connectivity index (χ0v) is 18.1. The lowest BCUT2D eigenvalue weighted by molar-refractivity contribution is -0.130. The number of methoxy groups -OCH3 is 1. The average molecular weight is 417 g/mol. The lowest BCUT2D eigenvalue weighted by Crippen LogP contribution is -2.47. The number of rotatable bonds is 6. The number of nitrogens with zero attached hydrogens (tertiary/aromatic N) is 1. The Bertz CT molecular complexity index is 849. The van der Waals surface area contributed by atoms with E-state index < -0.39 is 12.1 Å².